The third kappa shape index (κ3) is 7.56. The van der Waals surface area contributed by atoms with Crippen molar-refractivity contribution in [1.29, 1.82) is 0 Å². The van der Waals surface area contributed by atoms with E-state index in [1.807, 2.05) is 22.6 Å². The Labute approximate surface area is 240 Å². The highest BCUT2D eigenvalue weighted by Gasteiger charge is 2.31. The molecule has 1 aliphatic carbocycles. The van der Waals surface area contributed by atoms with Crippen molar-refractivity contribution in [2.75, 3.05) is 12.3 Å². The summed E-state index contributed by atoms with van der Waals surface area (Å²) in [5.41, 5.74) is 6.48. The molecule has 0 aliphatic heterocycles. The van der Waals surface area contributed by atoms with Gasteiger partial charge in [-0.25, -0.2) is 27.7 Å². The molecule has 15 heteroatoms. The van der Waals surface area contributed by atoms with Gasteiger partial charge in [-0.2, -0.15) is 0 Å². The number of phosphoric acid groups is 1. The van der Waals surface area contributed by atoms with Crippen LogP contribution in [0, 0.1) is 15.2 Å². The number of aromatic nitrogens is 2. The van der Waals surface area contributed by atoms with Crippen molar-refractivity contribution in [2.45, 2.75) is 43.5 Å². The number of nitrogen functional groups attached to an aromatic ring is 1. The minimum Gasteiger partial charge on any atom is -0.390 e. The number of hydrogen-bond donors (Lipinski definition) is 5. The average molecular weight is 692 g/mol. The predicted octanol–water partition coefficient (Wildman–Crippen LogP) is 4.16. The van der Waals surface area contributed by atoms with Crippen LogP contribution in [0.15, 0.2) is 42.6 Å². The Kier molecular flexibility index (Phi) is 9.47. The van der Waals surface area contributed by atoms with Crippen molar-refractivity contribution in [1.82, 2.24) is 15.3 Å². The molecular weight excluding hydrogens is 667 g/mol. The molecule has 0 radical (unpaired) electrons. The molecule has 0 spiro atoms. The van der Waals surface area contributed by atoms with Gasteiger partial charge in [-0.05, 0) is 77.7 Å². The van der Waals surface area contributed by atoms with E-state index in [0.717, 1.165) is 12.1 Å². The number of phosphoric ester groups is 1. The molecule has 1 unspecified atom stereocenters. The second-order valence-corrected chi connectivity index (χ2v) is 11.8. The maximum atomic E-state index is 15.2. The van der Waals surface area contributed by atoms with Gasteiger partial charge in [0.25, 0.3) is 5.91 Å². The Morgan fingerprint density at radius 2 is 1.98 bits per heavy atom. The molecule has 0 bridgehead atoms. The summed E-state index contributed by atoms with van der Waals surface area (Å²) >= 11 is 1.83. The first-order chi connectivity index (χ1) is 18.8. The van der Waals surface area contributed by atoms with Crippen LogP contribution in [0.1, 0.15) is 52.8 Å². The van der Waals surface area contributed by atoms with E-state index in [4.69, 9.17) is 15.5 Å². The Balaban J connectivity index is 1.58. The molecule has 6 N–H and O–H groups in total. The number of alkyl halides is 1. The van der Waals surface area contributed by atoms with Gasteiger partial charge in [-0.3, -0.25) is 9.32 Å². The normalized spacial score (nSPS) is 20.2. The second kappa shape index (κ2) is 12.5. The number of carbonyl (C=O) groups is 1. The Hall–Kier alpha value is -2.62. The quantitative estimate of drug-likeness (QED) is 0.172. The van der Waals surface area contributed by atoms with Crippen molar-refractivity contribution in [3.63, 3.8) is 0 Å². The second-order valence-electron chi connectivity index (χ2n) is 9.33. The Morgan fingerprint density at radius 1 is 1.23 bits per heavy atom. The van der Waals surface area contributed by atoms with Gasteiger partial charge >= 0.3 is 7.82 Å². The van der Waals surface area contributed by atoms with Crippen LogP contribution in [0.3, 0.4) is 0 Å². The van der Waals surface area contributed by atoms with Gasteiger partial charge in [0.2, 0.25) is 0 Å². The summed E-state index contributed by atoms with van der Waals surface area (Å²) in [6.45, 7) is -0.716. The zero-order valence-electron chi connectivity index (χ0n) is 20.7. The van der Waals surface area contributed by atoms with E-state index in [1.165, 1.54) is 30.5 Å². The maximum absolute atomic E-state index is 15.2. The molecule has 0 saturated heterocycles. The zero-order chi connectivity index (χ0) is 29.2. The number of carbonyl (C=O) groups excluding carboxylic acids is 1. The van der Waals surface area contributed by atoms with Crippen LogP contribution in [-0.2, 0) is 9.09 Å². The summed E-state index contributed by atoms with van der Waals surface area (Å²) in [5.74, 6) is -2.89. The zero-order valence-corrected chi connectivity index (χ0v) is 23.7. The van der Waals surface area contributed by atoms with Crippen LogP contribution in [0.4, 0.5) is 19.0 Å². The molecule has 40 heavy (non-hydrogen) atoms. The number of hydrogen-bond acceptors (Lipinski definition) is 7. The summed E-state index contributed by atoms with van der Waals surface area (Å²) in [4.78, 5) is 39.7. The van der Waals surface area contributed by atoms with E-state index >= 15 is 4.39 Å². The predicted molar refractivity (Wildman–Crippen MR) is 147 cm³/mol. The first-order valence-corrected chi connectivity index (χ1v) is 14.6. The Morgan fingerprint density at radius 3 is 2.62 bits per heavy atom. The first kappa shape index (κ1) is 30.3. The molecule has 4 rings (SSSR count). The lowest BCUT2D eigenvalue weighted by Crippen LogP contribution is -2.32. The molecule has 2 aromatic carbocycles. The number of aliphatic hydroxyl groups excluding tert-OH is 1. The summed E-state index contributed by atoms with van der Waals surface area (Å²) in [7, 11) is -4.93. The van der Waals surface area contributed by atoms with Crippen LogP contribution in [0.5, 0.6) is 0 Å². The van der Waals surface area contributed by atoms with Gasteiger partial charge in [0.1, 0.15) is 29.3 Å². The fourth-order valence-corrected chi connectivity index (χ4v) is 5.44. The van der Waals surface area contributed by atoms with Crippen molar-refractivity contribution in [3.05, 3.63) is 74.6 Å². The van der Waals surface area contributed by atoms with Crippen molar-refractivity contribution >= 4 is 42.1 Å². The largest absolute Gasteiger partial charge is 0.469 e. The number of aliphatic hydroxyl groups is 1. The van der Waals surface area contributed by atoms with Gasteiger partial charge in [0.15, 0.2) is 0 Å². The van der Waals surface area contributed by atoms with Crippen LogP contribution >= 0.6 is 30.4 Å². The topological polar surface area (TPSA) is 168 Å². The monoisotopic (exact) mass is 692 g/mol. The number of anilines is 1. The highest BCUT2D eigenvalue weighted by Crippen LogP contribution is 2.38. The number of amides is 1. The van der Waals surface area contributed by atoms with Crippen molar-refractivity contribution < 1.29 is 41.9 Å². The lowest BCUT2D eigenvalue weighted by Gasteiger charge is -2.28. The molecule has 1 heterocycles. The van der Waals surface area contributed by atoms with E-state index in [9.17, 15) is 23.2 Å². The number of benzene rings is 2. The standard InChI is InChI=1S/C25H25F3IN4O6P/c26-15-5-14(6-16(29)9-15)21(11-39-40(36,37)38)33-25(35)17-3-1-13(8-18(17)27)23-24(30)31-10-20(32-23)12-2-4-22(34)19(28)7-12/h1,3,5-6,8-10,12,19,21-22,34H,2,4,7,11H2,(H2,30,31)(H,33,35)(H2,36,37,38)/t12-,19-,21?,22-/m1/s1. The number of halogens is 4. The van der Waals surface area contributed by atoms with Gasteiger partial charge < -0.3 is 25.9 Å². The molecule has 214 valence electrons. The molecule has 1 saturated carbocycles. The van der Waals surface area contributed by atoms with Crippen LogP contribution in [-0.4, -0.2) is 49.7 Å². The Bertz CT molecular complexity index is 1440. The minimum atomic E-state index is -4.93. The molecule has 10 nitrogen and oxygen atoms in total. The fourth-order valence-electron chi connectivity index (χ4n) is 4.44. The number of nitrogens with zero attached hydrogens (tertiary/aromatic N) is 2. The third-order valence-corrected chi connectivity index (χ3v) is 7.57. The summed E-state index contributed by atoms with van der Waals surface area (Å²) < 4.78 is 59.4. The van der Waals surface area contributed by atoms with E-state index < -0.39 is 55.9 Å². The van der Waals surface area contributed by atoms with Gasteiger partial charge in [0.05, 0.1) is 36.2 Å². The van der Waals surface area contributed by atoms with Crippen molar-refractivity contribution in [3.8, 4) is 11.3 Å². The molecule has 1 amide bonds. The molecule has 1 aliphatic rings. The van der Waals surface area contributed by atoms with E-state index in [-0.39, 0.29) is 41.4 Å². The van der Waals surface area contributed by atoms with Crippen LogP contribution in [0.2, 0.25) is 0 Å². The molecule has 1 aromatic heterocycles. The third-order valence-electron chi connectivity index (χ3n) is 6.46. The smallest absolute Gasteiger partial charge is 0.390 e. The lowest BCUT2D eigenvalue weighted by atomic mass is 9.84. The summed E-state index contributed by atoms with van der Waals surface area (Å²) in [6, 6.07) is 6.09. The summed E-state index contributed by atoms with van der Waals surface area (Å²) in [5, 5.41) is 12.1. The molecule has 3 aromatic rings. The highest BCUT2D eigenvalue weighted by atomic mass is 127. The van der Waals surface area contributed by atoms with E-state index in [1.54, 1.807) is 0 Å². The van der Waals surface area contributed by atoms with Crippen LogP contribution < -0.4 is 11.1 Å². The summed E-state index contributed by atoms with van der Waals surface area (Å²) in [6.07, 6.45) is -0.199. The number of nitrogens with one attached hydrogen (secondary N) is 1. The maximum Gasteiger partial charge on any atom is 0.469 e. The number of rotatable bonds is 8. The van der Waals surface area contributed by atoms with Crippen molar-refractivity contribution in [2.24, 2.45) is 0 Å². The van der Waals surface area contributed by atoms with E-state index in [2.05, 4.69) is 19.8 Å². The molecular formula is C25H25F3IN4O6P. The van der Waals surface area contributed by atoms with Gasteiger partial charge in [-0.15, -0.1) is 0 Å². The first-order valence-electron chi connectivity index (χ1n) is 12.0. The highest BCUT2D eigenvalue weighted by molar-refractivity contribution is 14.1. The fraction of sp³-hybridized carbons (Fsp3) is 0.320. The SMILES string of the molecule is Nc1ncc([C@@H]2CC[C@@H](O)[C@H](F)C2)nc1-c1ccc(C(=O)NC(COP(=O)(O)O)c2cc(F)cc(I)c2)c(F)c1. The van der Waals surface area contributed by atoms with Gasteiger partial charge in [-0.1, -0.05) is 6.07 Å². The van der Waals surface area contributed by atoms with Crippen LogP contribution in [0.25, 0.3) is 11.3 Å². The van der Waals surface area contributed by atoms with Gasteiger partial charge in [0, 0.05) is 15.1 Å². The average Bonchev–Trinajstić information content (AvgIpc) is 2.87. The molecule has 4 atom stereocenters. The molecule has 1 fully saturated rings. The minimum absolute atomic E-state index is 0.0108. The van der Waals surface area contributed by atoms with E-state index in [0.29, 0.717) is 15.7 Å². The number of nitrogens with two attached hydrogens (primary N) is 1. The lowest BCUT2D eigenvalue weighted by molar-refractivity contribution is 0.0363.